The molecular formula is C26H33N5O2. The number of nitrogens with one attached hydrogen (secondary N) is 1. The maximum absolute atomic E-state index is 13.2. The lowest BCUT2D eigenvalue weighted by atomic mass is 9.86. The molecule has 4 N–H and O–H groups in total. The molecule has 1 saturated carbocycles. The Morgan fingerprint density at radius 2 is 1.85 bits per heavy atom. The van der Waals surface area contributed by atoms with Crippen LogP contribution in [0.15, 0.2) is 65.1 Å². The molecule has 1 saturated heterocycles. The summed E-state index contributed by atoms with van der Waals surface area (Å²) >= 11 is 0. The fourth-order valence-corrected chi connectivity index (χ4v) is 4.54. The molecule has 4 rings (SSSR count). The molecule has 1 atom stereocenters. The third kappa shape index (κ3) is 6.20. The average Bonchev–Trinajstić information content (AvgIpc) is 2.86. The first-order valence-corrected chi connectivity index (χ1v) is 11.9. The van der Waals surface area contributed by atoms with E-state index in [2.05, 4.69) is 10.3 Å². The third-order valence-electron chi connectivity index (χ3n) is 6.44. The van der Waals surface area contributed by atoms with Gasteiger partial charge in [0.15, 0.2) is 0 Å². The van der Waals surface area contributed by atoms with E-state index in [0.717, 1.165) is 75.1 Å². The highest BCUT2D eigenvalue weighted by Gasteiger charge is 2.28. The van der Waals surface area contributed by atoms with E-state index in [1.54, 1.807) is 24.3 Å². The summed E-state index contributed by atoms with van der Waals surface area (Å²) in [5.74, 6) is 0.136. The zero-order valence-corrected chi connectivity index (χ0v) is 19.0. The van der Waals surface area contributed by atoms with Gasteiger partial charge < -0.3 is 21.1 Å². The minimum atomic E-state index is -0.0689. The van der Waals surface area contributed by atoms with Gasteiger partial charge in [-0.2, -0.15) is 0 Å². The smallest absolute Gasteiger partial charge is 0.270 e. The van der Waals surface area contributed by atoms with Crippen LogP contribution in [0.4, 0.5) is 5.69 Å². The van der Waals surface area contributed by atoms with Gasteiger partial charge in [0.1, 0.15) is 11.4 Å². The van der Waals surface area contributed by atoms with Crippen molar-refractivity contribution in [2.45, 2.75) is 51.0 Å². The first kappa shape index (κ1) is 23.0. The number of likely N-dealkylation sites (tertiary alicyclic amines) is 1. The fourth-order valence-electron chi connectivity index (χ4n) is 4.54. The Hall–Kier alpha value is -3.19. The summed E-state index contributed by atoms with van der Waals surface area (Å²) in [4.78, 5) is 23.9. The molecule has 0 spiro atoms. The first-order chi connectivity index (χ1) is 16.1. The molecule has 1 aliphatic carbocycles. The highest BCUT2D eigenvalue weighted by atomic mass is 16.3. The quantitative estimate of drug-likeness (QED) is 0.588. The number of rotatable bonds is 6. The normalized spacial score (nSPS) is 21.8. The van der Waals surface area contributed by atoms with E-state index in [9.17, 15) is 9.90 Å². The number of benzene rings is 1. The lowest BCUT2D eigenvalue weighted by molar-refractivity contribution is -0.128. The molecule has 1 aromatic carbocycles. The number of hydrogen-bond acceptors (Lipinski definition) is 6. The van der Waals surface area contributed by atoms with Crippen molar-refractivity contribution < 1.29 is 9.90 Å². The number of amides is 1. The third-order valence-corrected chi connectivity index (χ3v) is 6.44. The molecular weight excluding hydrogens is 414 g/mol. The van der Waals surface area contributed by atoms with Gasteiger partial charge in [-0.25, -0.2) is 0 Å². The molecule has 1 aromatic heterocycles. The second-order valence-electron chi connectivity index (χ2n) is 8.82. The van der Waals surface area contributed by atoms with E-state index in [1.165, 1.54) is 5.56 Å². The molecule has 0 bridgehead atoms. The van der Waals surface area contributed by atoms with Gasteiger partial charge in [0.05, 0.1) is 5.69 Å². The van der Waals surface area contributed by atoms with Gasteiger partial charge in [-0.1, -0.05) is 0 Å². The number of aromatic hydroxyl groups is 1. The summed E-state index contributed by atoms with van der Waals surface area (Å²) in [5, 5.41) is 13.2. The predicted octanol–water partition coefficient (Wildman–Crippen LogP) is 3.47. The summed E-state index contributed by atoms with van der Waals surface area (Å²) in [6.07, 6.45) is 10.1. The number of piperidine rings is 1. The second kappa shape index (κ2) is 11.1. The Bertz CT molecular complexity index is 995. The van der Waals surface area contributed by atoms with E-state index in [4.69, 9.17) is 10.7 Å². The van der Waals surface area contributed by atoms with Crippen LogP contribution in [-0.2, 0) is 11.2 Å². The van der Waals surface area contributed by atoms with Crippen LogP contribution in [0.2, 0.25) is 0 Å². The number of pyridine rings is 1. The summed E-state index contributed by atoms with van der Waals surface area (Å²) in [7, 11) is 0. The summed E-state index contributed by atoms with van der Waals surface area (Å²) in [6.45, 7) is 2.39. The number of hydrogen-bond donors (Lipinski definition) is 3. The lowest BCUT2D eigenvalue weighted by Crippen LogP contribution is -2.41. The fraction of sp³-hybridized carbons (Fsp3) is 0.423. The van der Waals surface area contributed by atoms with Gasteiger partial charge in [-0.15, -0.1) is 0 Å². The molecule has 2 fully saturated rings. The Labute approximate surface area is 195 Å². The summed E-state index contributed by atoms with van der Waals surface area (Å²) in [6, 6.07) is 11.1. The van der Waals surface area contributed by atoms with Crippen LogP contribution in [0, 0.1) is 0 Å². The topological polar surface area (TPSA) is 104 Å². The van der Waals surface area contributed by atoms with Crippen LogP contribution in [-0.4, -0.2) is 52.3 Å². The number of aromatic nitrogens is 1. The standard InChI is InChI=1S/C26H33N5O2/c27-25(26(33)31-16-2-1-3-17-31)23-18-21(29-15-12-19-10-13-28-14-11-19)6-9-24(23)30-20-4-7-22(32)8-5-20/h4-5,7-8,10-11,13-14,21,29,32H,1-3,6,9,12,15-18,27H2/b25-23-,30-24?. The molecule has 1 aliphatic heterocycles. The molecule has 0 radical (unpaired) electrons. The van der Waals surface area contributed by atoms with Crippen LogP contribution in [0.25, 0.3) is 0 Å². The number of carbonyl (C=O) groups is 1. The van der Waals surface area contributed by atoms with Gasteiger partial charge in [0.25, 0.3) is 5.91 Å². The van der Waals surface area contributed by atoms with Gasteiger partial charge in [0, 0.05) is 42.8 Å². The zero-order chi connectivity index (χ0) is 23.0. The van der Waals surface area contributed by atoms with Crippen molar-refractivity contribution >= 4 is 17.3 Å². The Kier molecular flexibility index (Phi) is 7.73. The van der Waals surface area contributed by atoms with E-state index >= 15 is 0 Å². The predicted molar refractivity (Wildman–Crippen MR) is 130 cm³/mol. The highest BCUT2D eigenvalue weighted by Crippen LogP contribution is 2.28. The molecule has 2 aromatic rings. The van der Waals surface area contributed by atoms with Gasteiger partial charge in [-0.05, 0) is 93.5 Å². The van der Waals surface area contributed by atoms with Gasteiger partial charge in [0.2, 0.25) is 0 Å². The second-order valence-corrected chi connectivity index (χ2v) is 8.82. The van der Waals surface area contributed by atoms with E-state index in [0.29, 0.717) is 12.1 Å². The Morgan fingerprint density at radius 1 is 1.12 bits per heavy atom. The maximum atomic E-state index is 13.2. The largest absolute Gasteiger partial charge is 0.508 e. The number of aliphatic imine (C=N–C) groups is 1. The van der Waals surface area contributed by atoms with Gasteiger partial charge in [-0.3, -0.25) is 14.8 Å². The average molecular weight is 448 g/mol. The molecule has 174 valence electrons. The van der Waals surface area contributed by atoms with Crippen LogP contribution >= 0.6 is 0 Å². The number of phenols is 1. The minimum Gasteiger partial charge on any atom is -0.508 e. The molecule has 7 heteroatoms. The maximum Gasteiger partial charge on any atom is 0.270 e. The van der Waals surface area contributed by atoms with E-state index < -0.39 is 0 Å². The van der Waals surface area contributed by atoms with Crippen molar-refractivity contribution in [2.75, 3.05) is 19.6 Å². The highest BCUT2D eigenvalue weighted by molar-refractivity contribution is 6.09. The molecule has 7 nitrogen and oxygen atoms in total. The summed E-state index contributed by atoms with van der Waals surface area (Å²) in [5.41, 5.74) is 10.6. The SMILES string of the molecule is N/C(C(=O)N1CCCCC1)=C1/CC(NCCc2ccncc2)CCC1=Nc1ccc(O)cc1. The lowest BCUT2D eigenvalue weighted by Gasteiger charge is -2.31. The van der Waals surface area contributed by atoms with Gasteiger partial charge >= 0.3 is 0 Å². The molecule has 2 heterocycles. The van der Waals surface area contributed by atoms with Crippen molar-refractivity contribution in [2.24, 2.45) is 10.7 Å². The Balaban J connectivity index is 1.51. The number of phenolic OH excluding ortho intramolecular Hbond substituents is 1. The van der Waals surface area contributed by atoms with Crippen molar-refractivity contribution in [1.82, 2.24) is 15.2 Å². The van der Waals surface area contributed by atoms with E-state index in [-0.39, 0.29) is 17.7 Å². The van der Waals surface area contributed by atoms with Crippen LogP contribution in [0.3, 0.4) is 0 Å². The first-order valence-electron chi connectivity index (χ1n) is 11.9. The van der Waals surface area contributed by atoms with Crippen molar-refractivity contribution in [3.8, 4) is 5.75 Å². The molecule has 1 unspecified atom stereocenters. The van der Waals surface area contributed by atoms with Crippen LogP contribution in [0.5, 0.6) is 5.75 Å². The molecule has 2 aliphatic rings. The molecule has 33 heavy (non-hydrogen) atoms. The van der Waals surface area contributed by atoms with Crippen molar-refractivity contribution in [3.05, 3.63) is 65.6 Å². The van der Waals surface area contributed by atoms with Crippen LogP contribution in [0.1, 0.15) is 44.1 Å². The molecule has 1 amide bonds. The van der Waals surface area contributed by atoms with E-state index in [1.807, 2.05) is 29.4 Å². The monoisotopic (exact) mass is 447 g/mol. The number of nitrogens with zero attached hydrogens (tertiary/aromatic N) is 3. The van der Waals surface area contributed by atoms with Crippen molar-refractivity contribution in [1.29, 1.82) is 0 Å². The number of nitrogens with two attached hydrogens (primary N) is 1. The number of carbonyl (C=O) groups excluding carboxylic acids is 1. The zero-order valence-electron chi connectivity index (χ0n) is 19.0. The van der Waals surface area contributed by atoms with Crippen molar-refractivity contribution in [3.63, 3.8) is 0 Å². The Morgan fingerprint density at radius 3 is 2.58 bits per heavy atom. The summed E-state index contributed by atoms with van der Waals surface area (Å²) < 4.78 is 0. The minimum absolute atomic E-state index is 0.0689. The van der Waals surface area contributed by atoms with Crippen LogP contribution < -0.4 is 11.1 Å².